The summed E-state index contributed by atoms with van der Waals surface area (Å²) in [5.74, 6) is 0. The molecule has 0 aliphatic heterocycles. The van der Waals surface area contributed by atoms with Crippen molar-refractivity contribution in [3.8, 4) is 0 Å². The van der Waals surface area contributed by atoms with Crippen LogP contribution in [0.4, 0.5) is 0 Å². The molecule has 0 aliphatic rings. The Morgan fingerprint density at radius 3 is 0.462 bits per heavy atom. The molecule has 0 unspecified atom stereocenters. The Bertz CT molecular complexity index is 1170. The minimum atomic E-state index is -1.39. The van der Waals surface area contributed by atoms with Crippen molar-refractivity contribution in [2.45, 2.75) is 0 Å². The van der Waals surface area contributed by atoms with Crippen molar-refractivity contribution in [1.82, 2.24) is 0 Å². The molecule has 0 fully saturated rings. The van der Waals surface area contributed by atoms with Crippen LogP contribution in [0.2, 0.25) is 0 Å². The standard InChI is InChI=1S/2C18H15As.Pd/c2*1-4-10-16(11-5-1)19(17-12-6-2-7-13-17)18-14-8-3-9-15-18;/h2*1-15H;. The van der Waals surface area contributed by atoms with Crippen LogP contribution in [0.15, 0.2) is 182 Å². The molecule has 39 heavy (non-hydrogen) atoms. The second-order valence-corrected chi connectivity index (χ2v) is 18.0. The van der Waals surface area contributed by atoms with E-state index in [0.717, 1.165) is 0 Å². The number of benzene rings is 6. The Morgan fingerprint density at radius 1 is 0.205 bits per heavy atom. The second kappa shape index (κ2) is 15.6. The number of hydrogen-bond acceptors (Lipinski definition) is 0. The normalized spacial score (nSPS) is 10.3. The molecule has 0 amide bonds. The topological polar surface area (TPSA) is 0 Å². The third-order valence-electron chi connectivity index (χ3n) is 6.09. The Hall–Kier alpha value is -2.90. The van der Waals surface area contributed by atoms with Crippen molar-refractivity contribution in [1.29, 1.82) is 0 Å². The second-order valence-electron chi connectivity index (χ2n) is 8.68. The van der Waals surface area contributed by atoms with E-state index in [1.807, 2.05) is 0 Å². The van der Waals surface area contributed by atoms with Gasteiger partial charge in [-0.05, 0) is 0 Å². The van der Waals surface area contributed by atoms with Gasteiger partial charge in [-0.2, -0.15) is 0 Å². The quantitative estimate of drug-likeness (QED) is 0.224. The van der Waals surface area contributed by atoms with Gasteiger partial charge in [-0.25, -0.2) is 0 Å². The third-order valence-corrected chi connectivity index (χ3v) is 16.3. The Morgan fingerprint density at radius 2 is 0.333 bits per heavy atom. The Labute approximate surface area is 256 Å². The van der Waals surface area contributed by atoms with Crippen LogP contribution < -0.4 is 26.1 Å². The van der Waals surface area contributed by atoms with E-state index in [2.05, 4.69) is 182 Å². The minimum absolute atomic E-state index is 0. The zero-order valence-corrected chi connectivity index (χ0v) is 26.8. The van der Waals surface area contributed by atoms with Gasteiger partial charge in [-0.1, -0.05) is 0 Å². The average molecular weight is 719 g/mol. The monoisotopic (exact) mass is 718 g/mol. The molecule has 6 aromatic rings. The van der Waals surface area contributed by atoms with Crippen molar-refractivity contribution in [3.05, 3.63) is 182 Å². The summed E-state index contributed by atoms with van der Waals surface area (Å²) in [4.78, 5) is 0. The first-order valence-electron chi connectivity index (χ1n) is 12.8. The van der Waals surface area contributed by atoms with E-state index in [9.17, 15) is 0 Å². The molecule has 6 aromatic carbocycles. The molecule has 0 aliphatic carbocycles. The maximum absolute atomic E-state index is 2.26. The summed E-state index contributed by atoms with van der Waals surface area (Å²) >= 11 is -2.78. The van der Waals surface area contributed by atoms with Crippen molar-refractivity contribution in [3.63, 3.8) is 0 Å². The van der Waals surface area contributed by atoms with E-state index < -0.39 is 29.3 Å². The molecule has 0 nitrogen and oxygen atoms in total. The molecule has 0 saturated heterocycles. The first-order chi connectivity index (χ1) is 18.9. The Kier molecular flexibility index (Phi) is 11.7. The first kappa shape index (κ1) is 29.1. The summed E-state index contributed by atoms with van der Waals surface area (Å²) < 4.78 is 8.87. The van der Waals surface area contributed by atoms with Gasteiger partial charge in [-0.3, -0.25) is 0 Å². The van der Waals surface area contributed by atoms with E-state index in [-0.39, 0.29) is 20.4 Å². The zero-order chi connectivity index (χ0) is 25.8. The zero-order valence-electron chi connectivity index (χ0n) is 21.5. The van der Waals surface area contributed by atoms with Crippen LogP contribution in [0.25, 0.3) is 0 Å². The summed E-state index contributed by atoms with van der Waals surface area (Å²) in [6.45, 7) is 0. The van der Waals surface area contributed by atoms with E-state index in [0.29, 0.717) is 0 Å². The predicted molar refractivity (Wildman–Crippen MR) is 168 cm³/mol. The van der Waals surface area contributed by atoms with Gasteiger partial charge in [0.15, 0.2) is 0 Å². The molecule has 0 radical (unpaired) electrons. The van der Waals surface area contributed by atoms with Gasteiger partial charge < -0.3 is 0 Å². The molecular formula is C36H30As2Pd. The van der Waals surface area contributed by atoms with Crippen molar-refractivity contribution in [2.24, 2.45) is 0 Å². The molecule has 6 rings (SSSR count). The summed E-state index contributed by atoms with van der Waals surface area (Å²) in [5, 5.41) is 0. The van der Waals surface area contributed by atoms with Gasteiger partial charge in [0.05, 0.1) is 0 Å². The molecule has 0 spiro atoms. The first-order valence-corrected chi connectivity index (χ1v) is 18.4. The van der Waals surface area contributed by atoms with Crippen LogP contribution in [0.1, 0.15) is 0 Å². The fourth-order valence-electron chi connectivity index (χ4n) is 4.36. The third kappa shape index (κ3) is 8.05. The van der Waals surface area contributed by atoms with Gasteiger partial charge >= 0.3 is 237 Å². The summed E-state index contributed by atoms with van der Waals surface area (Å²) in [5.41, 5.74) is 0. The van der Waals surface area contributed by atoms with E-state index >= 15 is 0 Å². The van der Waals surface area contributed by atoms with Crippen molar-refractivity contribution in [2.75, 3.05) is 0 Å². The van der Waals surface area contributed by atoms with Gasteiger partial charge in [0.2, 0.25) is 0 Å². The van der Waals surface area contributed by atoms with E-state index in [4.69, 9.17) is 0 Å². The van der Waals surface area contributed by atoms with Gasteiger partial charge in [0, 0.05) is 20.4 Å². The molecule has 0 aromatic heterocycles. The SMILES string of the molecule is [Pd].c1ccc([As](c2ccccc2)c2ccccc2)cc1.c1ccc([As](c2ccccc2)c2ccccc2)cc1. The van der Waals surface area contributed by atoms with Gasteiger partial charge in [0.25, 0.3) is 0 Å². The van der Waals surface area contributed by atoms with Crippen LogP contribution >= 0.6 is 0 Å². The van der Waals surface area contributed by atoms with E-state index in [1.54, 1.807) is 0 Å². The number of rotatable bonds is 6. The molecular weight excluding hydrogens is 689 g/mol. The fourth-order valence-corrected chi connectivity index (χ4v) is 14.0. The van der Waals surface area contributed by atoms with Crippen LogP contribution in [0.3, 0.4) is 0 Å². The summed E-state index contributed by atoms with van der Waals surface area (Å²) in [7, 11) is 0. The van der Waals surface area contributed by atoms with Crippen molar-refractivity contribution < 1.29 is 20.4 Å². The molecule has 3 heteroatoms. The van der Waals surface area contributed by atoms with Crippen LogP contribution in [-0.2, 0) is 20.4 Å². The molecule has 0 bridgehead atoms. The van der Waals surface area contributed by atoms with Crippen LogP contribution in [0, 0.1) is 0 Å². The predicted octanol–water partition coefficient (Wildman–Crippen LogP) is 4.40. The van der Waals surface area contributed by atoms with Gasteiger partial charge in [0.1, 0.15) is 0 Å². The summed E-state index contributed by atoms with van der Waals surface area (Å²) in [6.07, 6.45) is 0. The Balaban J connectivity index is 0.000000176. The molecule has 0 atom stereocenters. The maximum atomic E-state index is 2.26. The molecule has 0 heterocycles. The van der Waals surface area contributed by atoms with E-state index in [1.165, 1.54) is 26.1 Å². The van der Waals surface area contributed by atoms with Crippen molar-refractivity contribution >= 4 is 55.4 Å². The number of hydrogen-bond donors (Lipinski definition) is 0. The average Bonchev–Trinajstić information content (AvgIpc) is 3.01. The molecule has 0 N–H and O–H groups in total. The van der Waals surface area contributed by atoms with Gasteiger partial charge in [-0.15, -0.1) is 0 Å². The van der Waals surface area contributed by atoms with Crippen LogP contribution in [0.5, 0.6) is 0 Å². The van der Waals surface area contributed by atoms with Crippen LogP contribution in [-0.4, -0.2) is 29.3 Å². The molecule has 194 valence electrons. The molecule has 0 saturated carbocycles. The summed E-state index contributed by atoms with van der Waals surface area (Å²) in [6, 6.07) is 65.4. The fraction of sp³-hybridized carbons (Fsp3) is 0.